The second-order valence-corrected chi connectivity index (χ2v) is 5.43. The molecule has 1 aliphatic heterocycles. The van der Waals surface area contributed by atoms with Crippen LogP contribution in [0.1, 0.15) is 23.4 Å². The zero-order valence-electron chi connectivity index (χ0n) is 13.0. The summed E-state index contributed by atoms with van der Waals surface area (Å²) < 4.78 is 1.47. The minimum absolute atomic E-state index is 0.0658. The zero-order valence-corrected chi connectivity index (χ0v) is 13.0. The van der Waals surface area contributed by atoms with E-state index >= 15 is 0 Å². The molecule has 0 saturated heterocycles. The molecule has 2 aromatic rings. The summed E-state index contributed by atoms with van der Waals surface area (Å²) in [5.74, 6) is 0.243. The number of nitrogens with zero attached hydrogens (tertiary/aromatic N) is 7. The van der Waals surface area contributed by atoms with Gasteiger partial charge in [0.2, 0.25) is 0 Å². The zero-order chi connectivity index (χ0) is 16.4. The number of benzene rings is 1. The molecule has 0 amide bonds. The summed E-state index contributed by atoms with van der Waals surface area (Å²) in [7, 11) is 3.72. The van der Waals surface area contributed by atoms with E-state index in [0.29, 0.717) is 0 Å². The fourth-order valence-electron chi connectivity index (χ4n) is 2.72. The van der Waals surface area contributed by atoms with Gasteiger partial charge in [0.25, 0.3) is 5.95 Å². The van der Waals surface area contributed by atoms with Gasteiger partial charge in [0, 0.05) is 26.3 Å². The summed E-state index contributed by atoms with van der Waals surface area (Å²) >= 11 is 0. The average Bonchev–Trinajstić information content (AvgIpc) is 2.88. The highest BCUT2D eigenvalue weighted by molar-refractivity contribution is 5.60. The smallest absolute Gasteiger partial charge is 0.251 e. The normalized spacial score (nSPS) is 13.7. The fourth-order valence-corrected chi connectivity index (χ4v) is 2.72. The van der Waals surface area contributed by atoms with Crippen LogP contribution in [-0.2, 0) is 13.5 Å². The van der Waals surface area contributed by atoms with E-state index in [2.05, 4.69) is 27.2 Å². The van der Waals surface area contributed by atoms with Crippen molar-refractivity contribution in [2.45, 2.75) is 12.8 Å². The fraction of sp³-hybridized carbons (Fsp3) is 0.312. The van der Waals surface area contributed by atoms with Gasteiger partial charge < -0.3 is 9.47 Å². The Morgan fingerprint density at radius 1 is 1.17 bits per heavy atom. The van der Waals surface area contributed by atoms with Crippen LogP contribution in [0.3, 0.4) is 0 Å². The summed E-state index contributed by atoms with van der Waals surface area (Å²) in [6.45, 7) is 1.06. The van der Waals surface area contributed by atoms with Crippen molar-refractivity contribution in [2.75, 3.05) is 18.5 Å². The number of aromatic nitrogens is 2. The number of anilines is 1. The molecule has 0 unspecified atom stereocenters. The van der Waals surface area contributed by atoms with Crippen molar-refractivity contribution in [3.05, 3.63) is 35.2 Å². The van der Waals surface area contributed by atoms with Crippen LogP contribution in [0, 0.1) is 22.7 Å². The van der Waals surface area contributed by atoms with Crippen molar-refractivity contribution < 1.29 is 0 Å². The van der Waals surface area contributed by atoms with Gasteiger partial charge in [-0.1, -0.05) is 0 Å². The lowest BCUT2D eigenvalue weighted by molar-refractivity contribution is 0.744. The number of azo groups is 1. The van der Waals surface area contributed by atoms with E-state index in [9.17, 15) is 0 Å². The summed E-state index contributed by atoms with van der Waals surface area (Å²) in [5.41, 5.74) is 3.47. The summed E-state index contributed by atoms with van der Waals surface area (Å²) in [6, 6.07) is 9.81. The molecule has 7 heteroatoms. The quantitative estimate of drug-likeness (QED) is 0.797. The van der Waals surface area contributed by atoms with Gasteiger partial charge in [0.05, 0.1) is 5.69 Å². The van der Waals surface area contributed by atoms with Crippen molar-refractivity contribution in [2.24, 2.45) is 17.3 Å². The van der Waals surface area contributed by atoms with Gasteiger partial charge >= 0.3 is 0 Å². The third-order valence-electron chi connectivity index (χ3n) is 3.95. The molecule has 7 nitrogen and oxygen atoms in total. The van der Waals surface area contributed by atoms with E-state index in [-0.39, 0.29) is 17.3 Å². The number of nitriles is 2. The number of aryl methyl sites for hydroxylation is 1. The molecule has 2 heterocycles. The molecule has 1 aromatic heterocycles. The maximum atomic E-state index is 9.05. The van der Waals surface area contributed by atoms with E-state index in [4.69, 9.17) is 10.5 Å². The largest absolute Gasteiger partial charge is 0.374 e. The predicted molar refractivity (Wildman–Crippen MR) is 84.8 cm³/mol. The van der Waals surface area contributed by atoms with Crippen LogP contribution in [0.2, 0.25) is 0 Å². The van der Waals surface area contributed by atoms with Gasteiger partial charge in [0.15, 0.2) is 11.4 Å². The molecule has 1 aliphatic rings. The SMILES string of the molecule is CN1CCCc2cc(N=Nc3nc(C#N)c(C#N)n3C)ccc21. The first-order chi connectivity index (χ1) is 11.1. The van der Waals surface area contributed by atoms with Crippen LogP contribution < -0.4 is 4.90 Å². The Labute approximate surface area is 134 Å². The topological polar surface area (TPSA) is 93.4 Å². The van der Waals surface area contributed by atoms with Crippen molar-refractivity contribution in [1.82, 2.24) is 9.55 Å². The van der Waals surface area contributed by atoms with E-state index < -0.39 is 0 Å². The lowest BCUT2D eigenvalue weighted by Crippen LogP contribution is -2.24. The maximum Gasteiger partial charge on any atom is 0.251 e. The number of rotatable bonds is 2. The Hall–Kier alpha value is -3.19. The second kappa shape index (κ2) is 5.90. The Bertz CT molecular complexity index is 864. The monoisotopic (exact) mass is 305 g/mol. The first-order valence-corrected chi connectivity index (χ1v) is 7.26. The van der Waals surface area contributed by atoms with Crippen LogP contribution in [0.15, 0.2) is 28.4 Å². The lowest BCUT2D eigenvalue weighted by Gasteiger charge is -2.27. The maximum absolute atomic E-state index is 9.05. The van der Waals surface area contributed by atoms with E-state index in [1.54, 1.807) is 7.05 Å². The number of hydrogen-bond donors (Lipinski definition) is 0. The van der Waals surface area contributed by atoms with Crippen LogP contribution in [0.25, 0.3) is 0 Å². The highest BCUT2D eigenvalue weighted by atomic mass is 15.3. The number of imidazole rings is 1. The molecule has 0 N–H and O–H groups in total. The van der Waals surface area contributed by atoms with Gasteiger partial charge in [-0.15, -0.1) is 10.2 Å². The molecule has 3 rings (SSSR count). The minimum Gasteiger partial charge on any atom is -0.374 e. The Kier molecular flexibility index (Phi) is 3.78. The van der Waals surface area contributed by atoms with Crippen LogP contribution in [0.5, 0.6) is 0 Å². The van der Waals surface area contributed by atoms with Gasteiger partial charge in [-0.3, -0.25) is 0 Å². The molecule has 0 bridgehead atoms. The van der Waals surface area contributed by atoms with Crippen LogP contribution in [-0.4, -0.2) is 23.1 Å². The molecule has 1 aromatic carbocycles. The molecular formula is C16H15N7. The number of hydrogen-bond acceptors (Lipinski definition) is 6. The Balaban J connectivity index is 1.91. The molecule has 0 radical (unpaired) electrons. The van der Waals surface area contributed by atoms with Crippen molar-refractivity contribution >= 4 is 17.3 Å². The summed E-state index contributed by atoms with van der Waals surface area (Å²) in [5, 5.41) is 26.3. The molecule has 23 heavy (non-hydrogen) atoms. The van der Waals surface area contributed by atoms with Crippen LogP contribution >= 0.6 is 0 Å². The van der Waals surface area contributed by atoms with E-state index in [1.165, 1.54) is 15.8 Å². The van der Waals surface area contributed by atoms with E-state index in [0.717, 1.165) is 25.1 Å². The van der Waals surface area contributed by atoms with Gasteiger partial charge in [-0.25, -0.2) is 0 Å². The average molecular weight is 305 g/mol. The van der Waals surface area contributed by atoms with E-state index in [1.807, 2.05) is 30.3 Å². The van der Waals surface area contributed by atoms with Crippen LogP contribution in [0.4, 0.5) is 17.3 Å². The Morgan fingerprint density at radius 3 is 2.70 bits per heavy atom. The first kappa shape index (κ1) is 14.7. The molecule has 0 spiro atoms. The summed E-state index contributed by atoms with van der Waals surface area (Å²) in [4.78, 5) is 6.26. The molecule has 0 fully saturated rings. The second-order valence-electron chi connectivity index (χ2n) is 5.43. The number of fused-ring (bicyclic) bond motifs is 1. The van der Waals surface area contributed by atoms with Gasteiger partial charge in [-0.05, 0) is 36.6 Å². The predicted octanol–water partition coefficient (Wildman–Crippen LogP) is 2.96. The summed E-state index contributed by atoms with van der Waals surface area (Å²) in [6.07, 6.45) is 2.16. The van der Waals surface area contributed by atoms with Crippen molar-refractivity contribution in [1.29, 1.82) is 10.5 Å². The van der Waals surface area contributed by atoms with Crippen molar-refractivity contribution in [3.63, 3.8) is 0 Å². The Morgan fingerprint density at radius 2 is 2.00 bits per heavy atom. The van der Waals surface area contributed by atoms with Gasteiger partial charge in [-0.2, -0.15) is 15.5 Å². The highest BCUT2D eigenvalue weighted by Crippen LogP contribution is 2.30. The molecular weight excluding hydrogens is 290 g/mol. The first-order valence-electron chi connectivity index (χ1n) is 7.26. The van der Waals surface area contributed by atoms with Gasteiger partial charge in [0.1, 0.15) is 12.1 Å². The molecule has 0 saturated carbocycles. The highest BCUT2D eigenvalue weighted by Gasteiger charge is 2.15. The molecule has 114 valence electrons. The molecule has 0 atom stereocenters. The standard InChI is InChI=1S/C16H15N7/c1-22-7-3-4-11-8-12(5-6-14(11)22)20-21-16-19-13(9-17)15(10-18)23(16)2/h5-6,8H,3-4,7H2,1-2H3. The third-order valence-corrected chi connectivity index (χ3v) is 3.95. The molecule has 0 aliphatic carbocycles. The lowest BCUT2D eigenvalue weighted by atomic mass is 10.0. The third kappa shape index (κ3) is 2.65. The van der Waals surface area contributed by atoms with Crippen molar-refractivity contribution in [3.8, 4) is 12.1 Å². The minimum atomic E-state index is 0.0658.